The van der Waals surface area contributed by atoms with E-state index < -0.39 is 49.4 Å². The number of allylic oxidation sites excluding steroid dienone is 2. The number of unbranched alkanes of at least 4 members (excludes halogenated alkanes) is 25. The fourth-order valence-electron chi connectivity index (χ4n) is 6.59. The van der Waals surface area contributed by atoms with Gasteiger partial charge in [0, 0.05) is 0 Å². The van der Waals surface area contributed by atoms with E-state index >= 15 is 0 Å². The molecule has 1 saturated heterocycles. The molecule has 0 spiro atoms. The van der Waals surface area contributed by atoms with Crippen LogP contribution in [-0.4, -0.2) is 76.9 Å². The molecule has 284 valence electrons. The van der Waals surface area contributed by atoms with Crippen LogP contribution in [0.15, 0.2) is 12.2 Å². The predicted molar refractivity (Wildman–Crippen MR) is 195 cm³/mol. The van der Waals surface area contributed by atoms with Gasteiger partial charge in [0.25, 0.3) is 0 Å². The van der Waals surface area contributed by atoms with E-state index in [4.69, 9.17) is 14.2 Å². The molecular formula is C40H76O8. The molecule has 0 amide bonds. The number of aliphatic hydroxyl groups is 4. The highest BCUT2D eigenvalue weighted by Crippen LogP contribution is 2.24. The summed E-state index contributed by atoms with van der Waals surface area (Å²) in [6, 6.07) is 0. The van der Waals surface area contributed by atoms with Crippen molar-refractivity contribution in [1.29, 1.82) is 0 Å². The molecule has 1 fully saturated rings. The summed E-state index contributed by atoms with van der Waals surface area (Å²) in [6.07, 6.45) is 32.8. The summed E-state index contributed by atoms with van der Waals surface area (Å²) < 4.78 is 15.8. The van der Waals surface area contributed by atoms with Crippen LogP contribution in [0, 0.1) is 0 Å². The van der Waals surface area contributed by atoms with Crippen molar-refractivity contribution in [3.63, 3.8) is 0 Å². The van der Waals surface area contributed by atoms with Gasteiger partial charge in [-0.1, -0.05) is 160 Å². The van der Waals surface area contributed by atoms with E-state index in [0.29, 0.717) is 12.8 Å². The highest BCUT2D eigenvalue weighted by atomic mass is 16.7. The maximum atomic E-state index is 12.2. The summed E-state index contributed by atoms with van der Waals surface area (Å²) in [6.45, 7) is 1.73. The average Bonchev–Trinajstić information content (AvgIpc) is 3.10. The second kappa shape index (κ2) is 31.9. The van der Waals surface area contributed by atoms with E-state index in [9.17, 15) is 25.2 Å². The Morgan fingerprint density at radius 3 is 1.40 bits per heavy atom. The normalized spacial score (nSPS) is 22.0. The lowest BCUT2D eigenvalue weighted by Crippen LogP contribution is -2.60. The number of rotatable bonds is 33. The number of hydrogen-bond acceptors (Lipinski definition) is 8. The third-order valence-corrected chi connectivity index (χ3v) is 9.84. The van der Waals surface area contributed by atoms with Gasteiger partial charge < -0.3 is 34.6 Å². The van der Waals surface area contributed by atoms with Crippen LogP contribution in [-0.2, 0) is 19.0 Å². The number of aliphatic hydroxyl groups excluding tert-OH is 4. The van der Waals surface area contributed by atoms with E-state index in [1.807, 2.05) is 0 Å². The second-order valence-electron chi connectivity index (χ2n) is 14.2. The standard InChI is InChI=1S/C40H76O8/c1-3-4-5-6-7-8-9-10-11-12-13-14-15-16-17-18-19-20-21-22-23-24-25-26-27-28-29-30-31-32-34(39(45)46-2)47-40-38(44)37(43)36(42)35(33-41)48-40/h27-28,34-38,40-44H,3-26,29-33H2,1-2H3/b28-27+/t34-,35+,36-,37-,38+,40+/m0/s1. The maximum absolute atomic E-state index is 12.2. The van der Waals surface area contributed by atoms with Gasteiger partial charge in [-0.2, -0.15) is 0 Å². The largest absolute Gasteiger partial charge is 0.467 e. The summed E-state index contributed by atoms with van der Waals surface area (Å²) in [5.74, 6) is -0.595. The Bertz CT molecular complexity index is 745. The molecule has 8 nitrogen and oxygen atoms in total. The summed E-state index contributed by atoms with van der Waals surface area (Å²) in [5, 5.41) is 39.5. The van der Waals surface area contributed by atoms with Gasteiger partial charge in [0.2, 0.25) is 0 Å². The van der Waals surface area contributed by atoms with Crippen LogP contribution >= 0.6 is 0 Å². The molecule has 48 heavy (non-hydrogen) atoms. The van der Waals surface area contributed by atoms with Crippen LogP contribution in [0.2, 0.25) is 0 Å². The number of ether oxygens (including phenoxy) is 3. The zero-order valence-corrected chi connectivity index (χ0v) is 31.0. The molecule has 0 aromatic rings. The minimum Gasteiger partial charge on any atom is -0.467 e. The van der Waals surface area contributed by atoms with Gasteiger partial charge in [-0.3, -0.25) is 0 Å². The Morgan fingerprint density at radius 2 is 1.00 bits per heavy atom. The molecule has 0 unspecified atom stereocenters. The summed E-state index contributed by atoms with van der Waals surface area (Å²) in [5.41, 5.74) is 0. The van der Waals surface area contributed by atoms with Gasteiger partial charge in [0.15, 0.2) is 12.4 Å². The third-order valence-electron chi connectivity index (χ3n) is 9.84. The van der Waals surface area contributed by atoms with Crippen LogP contribution in [0.25, 0.3) is 0 Å². The monoisotopic (exact) mass is 685 g/mol. The molecule has 1 rings (SSSR count). The lowest BCUT2D eigenvalue weighted by atomic mass is 9.99. The Morgan fingerprint density at radius 1 is 0.604 bits per heavy atom. The van der Waals surface area contributed by atoms with E-state index in [-0.39, 0.29) is 0 Å². The van der Waals surface area contributed by atoms with Crippen molar-refractivity contribution >= 4 is 5.97 Å². The fourth-order valence-corrected chi connectivity index (χ4v) is 6.59. The number of carbonyl (C=O) groups excluding carboxylic acids is 1. The first-order valence-electron chi connectivity index (χ1n) is 20.1. The van der Waals surface area contributed by atoms with Gasteiger partial charge >= 0.3 is 5.97 Å². The molecule has 1 heterocycles. The Kier molecular flexibility index (Phi) is 29.9. The molecule has 1 aliphatic heterocycles. The number of carbonyl (C=O) groups is 1. The minimum absolute atomic E-state index is 0.370. The Hall–Kier alpha value is -1.03. The first-order valence-corrected chi connectivity index (χ1v) is 20.1. The SMILES string of the molecule is CCCCCCCCCCCCCCCCCCCCCCCCC/C=C/CCCC[C@H](O[C@@H]1O[C@H](CO)[C@H](O)[C@H](O)[C@H]1O)C(=O)OC. The van der Waals surface area contributed by atoms with Gasteiger partial charge in [-0.15, -0.1) is 0 Å². The van der Waals surface area contributed by atoms with Gasteiger partial charge in [-0.25, -0.2) is 4.79 Å². The van der Waals surface area contributed by atoms with Crippen molar-refractivity contribution in [1.82, 2.24) is 0 Å². The third kappa shape index (κ3) is 22.6. The van der Waals surface area contributed by atoms with Crippen LogP contribution in [0.4, 0.5) is 0 Å². The fraction of sp³-hybridized carbons (Fsp3) is 0.925. The molecule has 0 aliphatic carbocycles. The topological polar surface area (TPSA) is 126 Å². The second-order valence-corrected chi connectivity index (χ2v) is 14.2. The minimum atomic E-state index is -1.55. The number of hydrogen-bond donors (Lipinski definition) is 4. The Labute approximate surface area is 294 Å². The van der Waals surface area contributed by atoms with Crippen molar-refractivity contribution in [3.8, 4) is 0 Å². The highest BCUT2D eigenvalue weighted by molar-refractivity contribution is 5.74. The molecule has 4 N–H and O–H groups in total. The summed E-state index contributed by atoms with van der Waals surface area (Å²) >= 11 is 0. The zero-order valence-electron chi connectivity index (χ0n) is 31.0. The van der Waals surface area contributed by atoms with E-state index in [2.05, 4.69) is 19.1 Å². The van der Waals surface area contributed by atoms with Crippen molar-refractivity contribution in [2.75, 3.05) is 13.7 Å². The van der Waals surface area contributed by atoms with Crippen LogP contribution in [0.3, 0.4) is 0 Å². The first kappa shape index (κ1) is 45.0. The van der Waals surface area contributed by atoms with Crippen molar-refractivity contribution in [3.05, 3.63) is 12.2 Å². The summed E-state index contributed by atoms with van der Waals surface area (Å²) in [4.78, 5) is 12.2. The van der Waals surface area contributed by atoms with Crippen molar-refractivity contribution < 1.29 is 39.4 Å². The Balaban J connectivity index is 1.90. The maximum Gasteiger partial charge on any atom is 0.335 e. The van der Waals surface area contributed by atoms with E-state index in [1.54, 1.807) is 0 Å². The number of methoxy groups -OCH3 is 1. The quantitative estimate of drug-likeness (QED) is 0.0307. The molecule has 0 radical (unpaired) electrons. The predicted octanol–water partition coefficient (Wildman–Crippen LogP) is 8.84. The lowest BCUT2D eigenvalue weighted by molar-refractivity contribution is -0.310. The van der Waals surface area contributed by atoms with Crippen LogP contribution in [0.5, 0.6) is 0 Å². The van der Waals surface area contributed by atoms with Crippen molar-refractivity contribution in [2.45, 2.75) is 224 Å². The smallest absolute Gasteiger partial charge is 0.335 e. The molecule has 0 aromatic heterocycles. The van der Waals surface area contributed by atoms with Gasteiger partial charge in [0.1, 0.15) is 24.4 Å². The van der Waals surface area contributed by atoms with E-state index in [1.165, 1.54) is 155 Å². The van der Waals surface area contributed by atoms with E-state index in [0.717, 1.165) is 19.3 Å². The molecule has 8 heteroatoms. The van der Waals surface area contributed by atoms with Crippen LogP contribution in [0.1, 0.15) is 187 Å². The van der Waals surface area contributed by atoms with Crippen LogP contribution < -0.4 is 0 Å². The van der Waals surface area contributed by atoms with Crippen molar-refractivity contribution in [2.24, 2.45) is 0 Å². The van der Waals surface area contributed by atoms with Gasteiger partial charge in [-0.05, 0) is 38.5 Å². The molecular weight excluding hydrogens is 608 g/mol. The summed E-state index contributed by atoms with van der Waals surface area (Å²) in [7, 11) is 1.26. The highest BCUT2D eigenvalue weighted by Gasteiger charge is 2.45. The molecule has 1 aliphatic rings. The first-order chi connectivity index (χ1) is 23.5. The lowest BCUT2D eigenvalue weighted by Gasteiger charge is -2.40. The number of esters is 1. The average molecular weight is 685 g/mol. The molecule has 0 aromatic carbocycles. The molecule has 6 atom stereocenters. The molecule has 0 saturated carbocycles. The molecule has 0 bridgehead atoms. The zero-order chi connectivity index (χ0) is 35.1. The van der Waals surface area contributed by atoms with Gasteiger partial charge in [0.05, 0.1) is 13.7 Å².